The van der Waals surface area contributed by atoms with Crippen LogP contribution in [0.2, 0.25) is 0 Å². The first-order valence-corrected chi connectivity index (χ1v) is 5.88. The Hall–Kier alpha value is -2.28. The van der Waals surface area contributed by atoms with E-state index in [9.17, 15) is 4.79 Å². The second-order valence-corrected chi connectivity index (χ2v) is 4.26. The highest BCUT2D eigenvalue weighted by molar-refractivity contribution is 5.88. The average molecular weight is 241 g/mol. The normalized spacial score (nSPS) is 10.2. The summed E-state index contributed by atoms with van der Waals surface area (Å²) in [5, 5.41) is 9.58. The number of carbonyl (C=O) groups excluding carboxylic acids is 1. The van der Waals surface area contributed by atoms with Gasteiger partial charge in [-0.2, -0.15) is 5.26 Å². The highest BCUT2D eigenvalue weighted by Crippen LogP contribution is 2.18. The van der Waals surface area contributed by atoms with E-state index in [0.29, 0.717) is 19.4 Å². The Bertz CT molecular complexity index is 594. The number of hydrogen-bond acceptors (Lipinski definition) is 2. The lowest BCUT2D eigenvalue weighted by molar-refractivity contribution is -0.129. The molecule has 0 atom stereocenters. The number of nitriles is 1. The van der Waals surface area contributed by atoms with Gasteiger partial charge in [0.15, 0.2) is 0 Å². The van der Waals surface area contributed by atoms with Gasteiger partial charge in [0.1, 0.15) is 0 Å². The Morgan fingerprint density at radius 3 is 3.00 bits per heavy atom. The third-order valence-electron chi connectivity index (χ3n) is 3.00. The van der Waals surface area contributed by atoms with E-state index in [-0.39, 0.29) is 5.91 Å². The lowest BCUT2D eigenvalue weighted by atomic mass is 10.1. The second kappa shape index (κ2) is 5.37. The van der Waals surface area contributed by atoms with E-state index >= 15 is 0 Å². The maximum absolute atomic E-state index is 12.0. The molecule has 0 aliphatic heterocycles. The van der Waals surface area contributed by atoms with Crippen molar-refractivity contribution in [1.82, 2.24) is 9.88 Å². The number of carbonyl (C=O) groups is 1. The number of benzene rings is 1. The van der Waals surface area contributed by atoms with E-state index in [1.54, 1.807) is 11.9 Å². The van der Waals surface area contributed by atoms with Gasteiger partial charge >= 0.3 is 0 Å². The number of H-pyrrole nitrogens is 1. The van der Waals surface area contributed by atoms with E-state index in [0.717, 1.165) is 16.5 Å². The van der Waals surface area contributed by atoms with Gasteiger partial charge in [-0.25, -0.2) is 0 Å². The molecule has 0 bridgehead atoms. The molecule has 2 aromatic rings. The van der Waals surface area contributed by atoms with Crippen molar-refractivity contribution in [2.24, 2.45) is 0 Å². The van der Waals surface area contributed by atoms with E-state index in [1.807, 2.05) is 36.5 Å². The summed E-state index contributed by atoms with van der Waals surface area (Å²) in [7, 11) is 1.73. The maximum atomic E-state index is 12.0. The van der Waals surface area contributed by atoms with E-state index in [1.165, 1.54) is 0 Å². The first kappa shape index (κ1) is 12.2. The van der Waals surface area contributed by atoms with Crippen molar-refractivity contribution in [2.75, 3.05) is 13.6 Å². The fourth-order valence-electron chi connectivity index (χ4n) is 1.92. The van der Waals surface area contributed by atoms with Crippen LogP contribution in [-0.2, 0) is 11.2 Å². The molecule has 1 amide bonds. The molecule has 1 aromatic heterocycles. The van der Waals surface area contributed by atoms with Crippen molar-refractivity contribution < 1.29 is 4.79 Å². The monoisotopic (exact) mass is 241 g/mol. The van der Waals surface area contributed by atoms with Crippen LogP contribution in [0.25, 0.3) is 10.9 Å². The number of para-hydroxylation sites is 1. The Balaban J connectivity index is 2.10. The molecule has 1 aromatic carbocycles. The molecular weight excluding hydrogens is 226 g/mol. The molecule has 92 valence electrons. The summed E-state index contributed by atoms with van der Waals surface area (Å²) in [6, 6.07) is 9.96. The molecule has 1 N–H and O–H groups in total. The van der Waals surface area contributed by atoms with E-state index in [2.05, 4.69) is 4.98 Å². The summed E-state index contributed by atoms with van der Waals surface area (Å²) < 4.78 is 0. The smallest absolute Gasteiger partial charge is 0.226 e. The molecule has 0 spiro atoms. The van der Waals surface area contributed by atoms with Crippen LogP contribution < -0.4 is 0 Å². The molecule has 2 rings (SSSR count). The SMILES string of the molecule is CN(CCC#N)C(=O)Cc1c[nH]c2ccccc12. The molecule has 1 heterocycles. The van der Waals surface area contributed by atoms with Crippen LogP contribution in [0.4, 0.5) is 0 Å². The number of likely N-dealkylation sites (N-methyl/N-ethyl adjacent to an activating group) is 1. The Kier molecular flexibility index (Phi) is 3.63. The summed E-state index contributed by atoms with van der Waals surface area (Å²) in [5.74, 6) is 0.0370. The van der Waals surface area contributed by atoms with Crippen molar-refractivity contribution >= 4 is 16.8 Å². The van der Waals surface area contributed by atoms with Gasteiger partial charge in [0, 0.05) is 30.7 Å². The number of rotatable bonds is 4. The Morgan fingerprint density at radius 1 is 1.44 bits per heavy atom. The fourth-order valence-corrected chi connectivity index (χ4v) is 1.92. The van der Waals surface area contributed by atoms with E-state index in [4.69, 9.17) is 5.26 Å². The average Bonchev–Trinajstić information content (AvgIpc) is 2.79. The molecule has 0 radical (unpaired) electrons. The third kappa shape index (κ3) is 2.51. The first-order valence-electron chi connectivity index (χ1n) is 5.88. The summed E-state index contributed by atoms with van der Waals surface area (Å²) in [6.45, 7) is 0.484. The lowest BCUT2D eigenvalue weighted by Gasteiger charge is -2.14. The standard InChI is InChI=1S/C14H15N3O/c1-17(8-4-7-15)14(18)9-11-10-16-13-6-3-2-5-12(11)13/h2-3,5-6,10,16H,4,8-9H2,1H3. The van der Waals surface area contributed by atoms with Crippen molar-refractivity contribution in [3.63, 3.8) is 0 Å². The molecule has 0 aliphatic rings. The number of amides is 1. The number of hydrogen-bond donors (Lipinski definition) is 1. The largest absolute Gasteiger partial charge is 0.361 e. The summed E-state index contributed by atoms with van der Waals surface area (Å²) in [5.41, 5.74) is 2.04. The topological polar surface area (TPSA) is 59.9 Å². The summed E-state index contributed by atoms with van der Waals surface area (Å²) in [4.78, 5) is 16.7. The molecule has 4 nitrogen and oxygen atoms in total. The number of aromatic amines is 1. The van der Waals surface area contributed by atoms with Gasteiger partial charge in [-0.3, -0.25) is 4.79 Å². The van der Waals surface area contributed by atoms with Crippen LogP contribution in [0.5, 0.6) is 0 Å². The molecular formula is C14H15N3O. The predicted octanol–water partition coefficient (Wildman–Crippen LogP) is 2.08. The van der Waals surface area contributed by atoms with Gasteiger partial charge in [0.25, 0.3) is 0 Å². The van der Waals surface area contributed by atoms with Crippen LogP contribution in [-0.4, -0.2) is 29.4 Å². The highest BCUT2D eigenvalue weighted by Gasteiger charge is 2.12. The van der Waals surface area contributed by atoms with Gasteiger partial charge < -0.3 is 9.88 Å². The van der Waals surface area contributed by atoms with Gasteiger partial charge in [0.05, 0.1) is 18.9 Å². The third-order valence-corrected chi connectivity index (χ3v) is 3.00. The highest BCUT2D eigenvalue weighted by atomic mass is 16.2. The quantitative estimate of drug-likeness (QED) is 0.890. The zero-order valence-corrected chi connectivity index (χ0v) is 10.3. The molecule has 4 heteroatoms. The minimum atomic E-state index is 0.0370. The minimum absolute atomic E-state index is 0.0370. The fraction of sp³-hybridized carbons (Fsp3) is 0.286. The van der Waals surface area contributed by atoms with E-state index < -0.39 is 0 Å². The second-order valence-electron chi connectivity index (χ2n) is 4.26. The summed E-state index contributed by atoms with van der Waals surface area (Å²) >= 11 is 0. The van der Waals surface area contributed by atoms with Crippen molar-refractivity contribution in [3.8, 4) is 6.07 Å². The number of fused-ring (bicyclic) bond motifs is 1. The molecule has 0 fully saturated rings. The van der Waals surface area contributed by atoms with Crippen LogP contribution >= 0.6 is 0 Å². The lowest BCUT2D eigenvalue weighted by Crippen LogP contribution is -2.28. The molecule has 0 unspecified atom stereocenters. The van der Waals surface area contributed by atoms with Crippen molar-refractivity contribution in [3.05, 3.63) is 36.0 Å². The first-order chi connectivity index (χ1) is 8.72. The zero-order chi connectivity index (χ0) is 13.0. The number of aromatic nitrogens is 1. The van der Waals surface area contributed by atoms with Gasteiger partial charge in [-0.15, -0.1) is 0 Å². The van der Waals surface area contributed by atoms with Crippen LogP contribution in [0, 0.1) is 11.3 Å². The minimum Gasteiger partial charge on any atom is -0.361 e. The Labute approximate surface area is 106 Å². The van der Waals surface area contributed by atoms with Gasteiger partial charge in [-0.05, 0) is 11.6 Å². The van der Waals surface area contributed by atoms with Crippen LogP contribution in [0.1, 0.15) is 12.0 Å². The van der Waals surface area contributed by atoms with Crippen molar-refractivity contribution in [1.29, 1.82) is 5.26 Å². The Morgan fingerprint density at radius 2 is 2.22 bits per heavy atom. The van der Waals surface area contributed by atoms with Crippen molar-refractivity contribution in [2.45, 2.75) is 12.8 Å². The molecule has 0 saturated heterocycles. The predicted molar refractivity (Wildman–Crippen MR) is 69.9 cm³/mol. The molecule has 0 saturated carbocycles. The van der Waals surface area contributed by atoms with Crippen LogP contribution in [0.3, 0.4) is 0 Å². The maximum Gasteiger partial charge on any atom is 0.226 e. The number of nitrogens with one attached hydrogen (secondary N) is 1. The van der Waals surface area contributed by atoms with Gasteiger partial charge in [-0.1, -0.05) is 18.2 Å². The van der Waals surface area contributed by atoms with Gasteiger partial charge in [0.2, 0.25) is 5.91 Å². The number of nitrogens with zero attached hydrogens (tertiary/aromatic N) is 2. The summed E-state index contributed by atoms with van der Waals surface area (Å²) in [6.07, 6.45) is 2.61. The zero-order valence-electron chi connectivity index (χ0n) is 10.3. The molecule has 0 aliphatic carbocycles. The molecule has 18 heavy (non-hydrogen) atoms. The van der Waals surface area contributed by atoms with Crippen LogP contribution in [0.15, 0.2) is 30.5 Å².